The van der Waals surface area contributed by atoms with Crippen LogP contribution in [0.1, 0.15) is 46.0 Å². The molecule has 0 radical (unpaired) electrons. The number of amides is 2. The molecule has 47 heavy (non-hydrogen) atoms. The number of carbonyl (C=O) groups is 2. The molecule has 0 saturated carbocycles. The van der Waals surface area contributed by atoms with Crippen LogP contribution in [0, 0.1) is 5.82 Å². The third-order valence-corrected chi connectivity index (χ3v) is 9.23. The number of ether oxygens (including phenoxy) is 2. The normalized spacial score (nSPS) is 14.1. The number of hydrogen-bond donors (Lipinski definition) is 1. The summed E-state index contributed by atoms with van der Waals surface area (Å²) in [5, 5.41) is 20.3. The van der Waals surface area contributed by atoms with Gasteiger partial charge in [-0.3, -0.25) is 14.2 Å². The molecule has 13 heteroatoms. The van der Waals surface area contributed by atoms with Gasteiger partial charge in [-0.2, -0.15) is 5.10 Å². The fraction of sp³-hybridized carbons (Fsp3) is 0.206. The fourth-order valence-corrected chi connectivity index (χ4v) is 6.67. The minimum absolute atomic E-state index is 0.0181. The van der Waals surface area contributed by atoms with E-state index >= 15 is 0 Å². The molecule has 6 rings (SSSR count). The standard InChI is InChI=1S/C34H31FN6O4S2/c1-3-45-27-15-11-25(12-16-27)40-31(20-36-33(43)23-6-4-7-24(35)18-23)37-38-34(40)47-21-32(42)41-29(22-9-13-26(44-2)14-10-22)19-28(39-41)30-8-5-17-46-30/h4-18,29H,3,19-21H2,1-2H3,(H,36,43)/t29-/m1/s1. The van der Waals surface area contributed by atoms with Crippen LogP contribution < -0.4 is 14.8 Å². The maximum Gasteiger partial charge on any atom is 0.253 e. The highest BCUT2D eigenvalue weighted by Gasteiger charge is 2.34. The predicted octanol–water partition coefficient (Wildman–Crippen LogP) is 6.28. The molecule has 1 N–H and O–H groups in total. The first kappa shape index (κ1) is 32.0. The van der Waals surface area contributed by atoms with Gasteiger partial charge in [0.15, 0.2) is 11.0 Å². The van der Waals surface area contributed by atoms with Crippen molar-refractivity contribution in [2.75, 3.05) is 19.5 Å². The van der Waals surface area contributed by atoms with Gasteiger partial charge >= 0.3 is 0 Å². The van der Waals surface area contributed by atoms with Crippen molar-refractivity contribution >= 4 is 40.6 Å². The van der Waals surface area contributed by atoms with Crippen LogP contribution in [-0.4, -0.2) is 56.8 Å². The third kappa shape index (κ3) is 7.36. The minimum Gasteiger partial charge on any atom is -0.497 e. The number of methoxy groups -OCH3 is 1. The Morgan fingerprint density at radius 2 is 1.81 bits per heavy atom. The van der Waals surface area contributed by atoms with Crippen molar-refractivity contribution in [2.45, 2.75) is 31.1 Å². The number of rotatable bonds is 12. The number of halogens is 1. The van der Waals surface area contributed by atoms with Crippen LogP contribution in [0.25, 0.3) is 5.69 Å². The molecule has 0 saturated heterocycles. The van der Waals surface area contributed by atoms with Crippen molar-refractivity contribution < 1.29 is 23.5 Å². The molecule has 0 fully saturated rings. The quantitative estimate of drug-likeness (QED) is 0.156. The molecule has 0 unspecified atom stereocenters. The van der Waals surface area contributed by atoms with Crippen LogP contribution in [0.4, 0.5) is 4.39 Å². The summed E-state index contributed by atoms with van der Waals surface area (Å²) in [5.74, 6) is 0.766. The zero-order valence-electron chi connectivity index (χ0n) is 25.6. The average molecular weight is 671 g/mol. The van der Waals surface area contributed by atoms with Crippen LogP contribution >= 0.6 is 23.1 Å². The Hall–Kier alpha value is -5.01. The van der Waals surface area contributed by atoms with E-state index in [0.717, 1.165) is 27.6 Å². The second kappa shape index (κ2) is 14.6. The maximum absolute atomic E-state index is 13.8. The van der Waals surface area contributed by atoms with Crippen molar-refractivity contribution in [1.29, 1.82) is 0 Å². The Kier molecular flexibility index (Phi) is 9.93. The van der Waals surface area contributed by atoms with E-state index in [1.54, 1.807) is 28.0 Å². The third-order valence-electron chi connectivity index (χ3n) is 7.40. The van der Waals surface area contributed by atoms with Gasteiger partial charge in [-0.25, -0.2) is 9.40 Å². The largest absolute Gasteiger partial charge is 0.497 e. The lowest BCUT2D eigenvalue weighted by Crippen LogP contribution is -2.28. The van der Waals surface area contributed by atoms with Crippen LogP contribution in [0.2, 0.25) is 0 Å². The van der Waals surface area contributed by atoms with Gasteiger partial charge in [0, 0.05) is 17.7 Å². The highest BCUT2D eigenvalue weighted by molar-refractivity contribution is 7.99. The van der Waals surface area contributed by atoms with E-state index in [4.69, 9.17) is 14.6 Å². The molecule has 0 bridgehead atoms. The summed E-state index contributed by atoms with van der Waals surface area (Å²) in [6.45, 7) is 2.45. The fourth-order valence-electron chi connectivity index (χ4n) is 5.13. The van der Waals surface area contributed by atoms with Crippen LogP contribution in [0.15, 0.2) is 101 Å². The molecule has 240 valence electrons. The number of thioether (sulfide) groups is 1. The van der Waals surface area contributed by atoms with Crippen LogP contribution in [0.3, 0.4) is 0 Å². The Balaban J connectivity index is 1.24. The van der Waals surface area contributed by atoms with E-state index in [2.05, 4.69) is 15.5 Å². The van der Waals surface area contributed by atoms with E-state index in [9.17, 15) is 14.0 Å². The van der Waals surface area contributed by atoms with E-state index < -0.39 is 11.7 Å². The molecule has 1 aliphatic rings. The smallest absolute Gasteiger partial charge is 0.253 e. The summed E-state index contributed by atoms with van der Waals surface area (Å²) < 4.78 is 26.4. The van der Waals surface area contributed by atoms with Gasteiger partial charge in [0.25, 0.3) is 11.8 Å². The molecule has 1 aliphatic heterocycles. The topological polar surface area (TPSA) is 111 Å². The molecule has 0 spiro atoms. The number of hydrazone groups is 1. The van der Waals surface area contributed by atoms with Gasteiger partial charge in [-0.05, 0) is 78.5 Å². The first-order valence-corrected chi connectivity index (χ1v) is 16.7. The van der Waals surface area contributed by atoms with E-state index in [-0.39, 0.29) is 29.8 Å². The summed E-state index contributed by atoms with van der Waals surface area (Å²) in [4.78, 5) is 27.6. The van der Waals surface area contributed by atoms with E-state index in [1.165, 1.54) is 36.0 Å². The highest BCUT2D eigenvalue weighted by atomic mass is 32.2. The first-order chi connectivity index (χ1) is 22.9. The lowest BCUT2D eigenvalue weighted by atomic mass is 10.0. The molecular weight excluding hydrogens is 640 g/mol. The van der Waals surface area contributed by atoms with Gasteiger partial charge in [0.2, 0.25) is 0 Å². The Morgan fingerprint density at radius 1 is 1.02 bits per heavy atom. The highest BCUT2D eigenvalue weighted by Crippen LogP contribution is 2.35. The van der Waals surface area contributed by atoms with Crippen molar-refractivity contribution in [3.05, 3.63) is 118 Å². The van der Waals surface area contributed by atoms with Crippen LogP contribution in [-0.2, 0) is 11.3 Å². The number of thiophene rings is 1. The second-order valence-electron chi connectivity index (χ2n) is 10.4. The van der Waals surface area contributed by atoms with Gasteiger partial charge in [0.05, 0.1) is 42.6 Å². The molecule has 10 nitrogen and oxygen atoms in total. The minimum atomic E-state index is -0.502. The lowest BCUT2D eigenvalue weighted by Gasteiger charge is -2.22. The lowest BCUT2D eigenvalue weighted by molar-refractivity contribution is -0.130. The Bertz CT molecular complexity index is 1880. The van der Waals surface area contributed by atoms with Crippen molar-refractivity contribution in [1.82, 2.24) is 25.1 Å². The predicted molar refractivity (Wildman–Crippen MR) is 179 cm³/mol. The summed E-state index contributed by atoms with van der Waals surface area (Å²) in [6, 6.07) is 24.2. The number of nitrogens with one attached hydrogen (secondary N) is 1. The summed E-state index contributed by atoms with van der Waals surface area (Å²) in [6.07, 6.45) is 0.584. The monoisotopic (exact) mass is 670 g/mol. The molecule has 3 heterocycles. The number of nitrogens with zero attached hydrogens (tertiary/aromatic N) is 5. The maximum atomic E-state index is 13.8. The Morgan fingerprint density at radius 3 is 2.51 bits per heavy atom. The van der Waals surface area contributed by atoms with Crippen molar-refractivity contribution in [2.24, 2.45) is 5.10 Å². The number of aromatic nitrogens is 3. The van der Waals surface area contributed by atoms with Crippen LogP contribution in [0.5, 0.6) is 11.5 Å². The SMILES string of the molecule is CCOc1ccc(-n2c(CNC(=O)c3cccc(F)c3)nnc2SCC(=O)N2N=C(c3cccs3)C[C@@H]2c2ccc(OC)cc2)cc1. The summed E-state index contributed by atoms with van der Waals surface area (Å²) in [7, 11) is 1.62. The number of benzene rings is 3. The van der Waals surface area contributed by atoms with E-state index in [0.29, 0.717) is 29.8 Å². The number of hydrogen-bond acceptors (Lipinski definition) is 9. The Labute approximate surface area is 279 Å². The molecule has 1 atom stereocenters. The zero-order chi connectivity index (χ0) is 32.8. The molecule has 5 aromatic rings. The number of carbonyl (C=O) groups excluding carboxylic acids is 2. The van der Waals surface area contributed by atoms with Gasteiger partial charge in [0.1, 0.15) is 17.3 Å². The van der Waals surface area contributed by atoms with Gasteiger partial charge in [-0.1, -0.05) is 36.0 Å². The molecule has 0 aliphatic carbocycles. The molecule has 2 aromatic heterocycles. The summed E-state index contributed by atoms with van der Waals surface area (Å²) in [5.41, 5.74) is 2.72. The summed E-state index contributed by atoms with van der Waals surface area (Å²) >= 11 is 2.81. The molecular formula is C34H31FN6O4S2. The van der Waals surface area contributed by atoms with E-state index in [1.807, 2.05) is 73.0 Å². The molecule has 3 aromatic carbocycles. The van der Waals surface area contributed by atoms with Gasteiger partial charge in [-0.15, -0.1) is 21.5 Å². The average Bonchev–Trinajstić information content (AvgIpc) is 3.87. The van der Waals surface area contributed by atoms with Gasteiger partial charge < -0.3 is 14.8 Å². The zero-order valence-corrected chi connectivity index (χ0v) is 27.3. The first-order valence-electron chi connectivity index (χ1n) is 14.8. The second-order valence-corrected chi connectivity index (χ2v) is 12.3. The van der Waals surface area contributed by atoms with Crippen molar-refractivity contribution in [3.8, 4) is 17.2 Å². The van der Waals surface area contributed by atoms with Crippen molar-refractivity contribution in [3.63, 3.8) is 0 Å². The molecule has 2 amide bonds.